The van der Waals surface area contributed by atoms with Crippen LogP contribution in [-0.4, -0.2) is 43.5 Å². The van der Waals surface area contributed by atoms with Crippen LogP contribution in [0.3, 0.4) is 0 Å². The molecule has 0 bridgehead atoms. The van der Waals surface area contributed by atoms with Crippen LogP contribution in [0.15, 0.2) is 35.0 Å². The van der Waals surface area contributed by atoms with Crippen LogP contribution in [0.2, 0.25) is 0 Å². The third-order valence-corrected chi connectivity index (χ3v) is 3.74. The Morgan fingerprint density at radius 2 is 2.04 bits per heavy atom. The van der Waals surface area contributed by atoms with Gasteiger partial charge in [0.25, 0.3) is 11.6 Å². The quantitative estimate of drug-likeness (QED) is 0.650. The summed E-state index contributed by atoms with van der Waals surface area (Å²) in [5.41, 5.74) is 2.06. The zero-order valence-electron chi connectivity index (χ0n) is 14.7. The highest BCUT2D eigenvalue weighted by Gasteiger charge is 2.13. The van der Waals surface area contributed by atoms with Gasteiger partial charge in [-0.15, -0.1) is 0 Å². The Bertz CT molecular complexity index is 922. The van der Waals surface area contributed by atoms with Crippen LogP contribution in [-0.2, 0) is 4.74 Å². The minimum Gasteiger partial charge on any atom is -0.493 e. The number of amides is 1. The van der Waals surface area contributed by atoms with Crippen LogP contribution in [0.25, 0.3) is 11.1 Å². The van der Waals surface area contributed by atoms with E-state index in [1.165, 1.54) is 6.20 Å². The molecule has 0 aliphatic carbocycles. The third-order valence-electron chi connectivity index (χ3n) is 3.74. The number of aromatic nitrogens is 2. The molecule has 3 rings (SSSR count). The number of carbonyl (C=O) groups excluding carboxylic acids is 1. The van der Waals surface area contributed by atoms with E-state index in [-0.39, 0.29) is 5.91 Å². The van der Waals surface area contributed by atoms with Crippen molar-refractivity contribution in [3.8, 4) is 11.5 Å². The fourth-order valence-electron chi connectivity index (χ4n) is 2.37. The van der Waals surface area contributed by atoms with Gasteiger partial charge in [0, 0.05) is 25.1 Å². The summed E-state index contributed by atoms with van der Waals surface area (Å²) in [5.74, 6) is 0.793. The van der Waals surface area contributed by atoms with Gasteiger partial charge in [-0.2, -0.15) is 0 Å². The average Bonchev–Trinajstić information content (AvgIpc) is 3.02. The Morgan fingerprint density at radius 3 is 2.81 bits per heavy atom. The van der Waals surface area contributed by atoms with Gasteiger partial charge in [-0.25, -0.2) is 4.98 Å². The molecule has 0 saturated carbocycles. The molecule has 26 heavy (non-hydrogen) atoms. The number of ether oxygens (including phenoxy) is 3. The van der Waals surface area contributed by atoms with Crippen molar-refractivity contribution in [2.75, 3.05) is 32.8 Å². The Hall–Kier alpha value is -3.13. The normalized spacial score (nSPS) is 10.7. The van der Waals surface area contributed by atoms with Crippen molar-refractivity contribution >= 4 is 22.7 Å². The molecule has 0 unspecified atom stereocenters. The molecule has 0 fully saturated rings. The Balaban J connectivity index is 1.79. The van der Waals surface area contributed by atoms with Gasteiger partial charge in [0.15, 0.2) is 11.5 Å². The van der Waals surface area contributed by atoms with Crippen LogP contribution < -0.4 is 14.8 Å². The summed E-state index contributed by atoms with van der Waals surface area (Å²) >= 11 is 0. The molecule has 136 valence electrons. The van der Waals surface area contributed by atoms with E-state index < -0.39 is 0 Å². The molecule has 0 aliphatic heterocycles. The van der Waals surface area contributed by atoms with Gasteiger partial charge in [-0.1, -0.05) is 5.16 Å². The first-order chi connectivity index (χ1) is 12.6. The Labute approximate surface area is 150 Å². The molecule has 2 heterocycles. The van der Waals surface area contributed by atoms with Gasteiger partial charge in [0.05, 0.1) is 30.4 Å². The van der Waals surface area contributed by atoms with E-state index in [1.54, 1.807) is 45.4 Å². The number of rotatable bonds is 7. The number of aryl methyl sites for hydroxylation is 1. The van der Waals surface area contributed by atoms with E-state index in [0.29, 0.717) is 52.8 Å². The van der Waals surface area contributed by atoms with Gasteiger partial charge in [-0.05, 0) is 25.1 Å². The van der Waals surface area contributed by atoms with Crippen molar-refractivity contribution < 1.29 is 23.5 Å². The summed E-state index contributed by atoms with van der Waals surface area (Å²) in [6, 6.07) is 6.85. The Kier molecular flexibility index (Phi) is 5.33. The maximum absolute atomic E-state index is 12.5. The number of hydrogen-bond acceptors (Lipinski definition) is 7. The van der Waals surface area contributed by atoms with E-state index in [2.05, 4.69) is 15.5 Å². The monoisotopic (exact) mass is 357 g/mol. The summed E-state index contributed by atoms with van der Waals surface area (Å²) in [6.07, 6.45) is 1.45. The summed E-state index contributed by atoms with van der Waals surface area (Å²) in [6.45, 7) is 2.61. The number of fused-ring (bicyclic) bond motifs is 1. The zero-order valence-corrected chi connectivity index (χ0v) is 14.7. The second-order valence-corrected chi connectivity index (χ2v) is 5.51. The fraction of sp³-hybridized carbons (Fsp3) is 0.278. The molecule has 2 aromatic heterocycles. The van der Waals surface area contributed by atoms with Gasteiger partial charge in [-0.3, -0.25) is 4.79 Å². The lowest BCUT2D eigenvalue weighted by Crippen LogP contribution is -2.12. The lowest BCUT2D eigenvalue weighted by atomic mass is 10.2. The highest BCUT2D eigenvalue weighted by Crippen LogP contribution is 2.30. The van der Waals surface area contributed by atoms with Crippen LogP contribution in [0.1, 0.15) is 16.1 Å². The molecular weight excluding hydrogens is 338 g/mol. The van der Waals surface area contributed by atoms with Crippen molar-refractivity contribution in [3.63, 3.8) is 0 Å². The minimum absolute atomic E-state index is 0.298. The number of methoxy groups -OCH3 is 2. The summed E-state index contributed by atoms with van der Waals surface area (Å²) in [5, 5.41) is 7.36. The lowest BCUT2D eigenvalue weighted by molar-refractivity contribution is 0.102. The fourth-order valence-corrected chi connectivity index (χ4v) is 2.37. The van der Waals surface area contributed by atoms with Crippen molar-refractivity contribution in [2.24, 2.45) is 0 Å². The first-order valence-corrected chi connectivity index (χ1v) is 7.95. The van der Waals surface area contributed by atoms with Gasteiger partial charge >= 0.3 is 0 Å². The predicted molar refractivity (Wildman–Crippen MR) is 94.9 cm³/mol. The van der Waals surface area contributed by atoms with Crippen molar-refractivity contribution in [2.45, 2.75) is 6.92 Å². The summed E-state index contributed by atoms with van der Waals surface area (Å²) in [7, 11) is 3.15. The second kappa shape index (κ2) is 7.83. The molecular formula is C18H19N3O5. The van der Waals surface area contributed by atoms with Crippen LogP contribution in [0.4, 0.5) is 5.69 Å². The van der Waals surface area contributed by atoms with Gasteiger partial charge < -0.3 is 24.1 Å². The molecule has 0 atom stereocenters. The van der Waals surface area contributed by atoms with Gasteiger partial charge in [0.2, 0.25) is 0 Å². The molecule has 0 aliphatic rings. The topological polar surface area (TPSA) is 95.7 Å². The van der Waals surface area contributed by atoms with E-state index in [1.807, 2.05) is 0 Å². The maximum Gasteiger partial charge on any atom is 0.257 e. The molecule has 8 nitrogen and oxygen atoms in total. The summed E-state index contributed by atoms with van der Waals surface area (Å²) < 4.78 is 20.9. The number of carbonyl (C=O) groups is 1. The molecule has 3 aromatic rings. The number of benzene rings is 1. The minimum atomic E-state index is -0.298. The molecule has 1 aromatic carbocycles. The standard InChI is InChI=1S/C18H19N3O5/c1-11-14-8-12(10-19-18(14)26-21-11)17(22)20-13-4-5-15(24-3)16(9-13)25-7-6-23-2/h4-5,8-10H,6-7H2,1-3H3,(H,20,22). The van der Waals surface area contributed by atoms with Crippen molar-refractivity contribution in [3.05, 3.63) is 41.7 Å². The zero-order chi connectivity index (χ0) is 18.5. The van der Waals surface area contributed by atoms with Crippen LogP contribution in [0.5, 0.6) is 11.5 Å². The predicted octanol–water partition coefficient (Wildman–Crippen LogP) is 2.82. The van der Waals surface area contributed by atoms with Crippen molar-refractivity contribution in [1.29, 1.82) is 0 Å². The number of hydrogen-bond donors (Lipinski definition) is 1. The largest absolute Gasteiger partial charge is 0.493 e. The number of pyridine rings is 1. The van der Waals surface area contributed by atoms with E-state index in [0.717, 1.165) is 0 Å². The Morgan fingerprint density at radius 1 is 1.19 bits per heavy atom. The van der Waals surface area contributed by atoms with E-state index >= 15 is 0 Å². The highest BCUT2D eigenvalue weighted by atomic mass is 16.5. The number of anilines is 1. The first-order valence-electron chi connectivity index (χ1n) is 7.95. The van der Waals surface area contributed by atoms with Crippen LogP contribution in [0, 0.1) is 6.92 Å². The number of nitrogens with zero attached hydrogens (tertiary/aromatic N) is 2. The average molecular weight is 357 g/mol. The highest BCUT2D eigenvalue weighted by molar-refractivity contribution is 6.05. The van der Waals surface area contributed by atoms with Gasteiger partial charge in [0.1, 0.15) is 6.61 Å². The molecule has 1 N–H and O–H groups in total. The van der Waals surface area contributed by atoms with Crippen molar-refractivity contribution in [1.82, 2.24) is 10.1 Å². The van der Waals surface area contributed by atoms with Crippen LogP contribution >= 0.6 is 0 Å². The second-order valence-electron chi connectivity index (χ2n) is 5.51. The molecule has 1 amide bonds. The smallest absolute Gasteiger partial charge is 0.257 e. The lowest BCUT2D eigenvalue weighted by Gasteiger charge is -2.12. The number of nitrogens with one attached hydrogen (secondary N) is 1. The third kappa shape index (κ3) is 3.75. The SMILES string of the molecule is COCCOc1cc(NC(=O)c2cnc3onc(C)c3c2)ccc1OC. The maximum atomic E-state index is 12.5. The summed E-state index contributed by atoms with van der Waals surface area (Å²) in [4.78, 5) is 16.6. The van der Waals surface area contributed by atoms with E-state index in [9.17, 15) is 4.79 Å². The molecule has 8 heteroatoms. The molecule has 0 saturated heterocycles. The first kappa shape index (κ1) is 17.7. The molecule has 0 spiro atoms. The molecule has 0 radical (unpaired) electrons. The van der Waals surface area contributed by atoms with E-state index in [4.69, 9.17) is 18.7 Å².